The fourth-order valence-electron chi connectivity index (χ4n) is 2.76. The first-order valence-electron chi connectivity index (χ1n) is 7.59. The Kier molecular flexibility index (Phi) is 7.76. The number of rotatable bonds is 9. The van der Waals surface area contributed by atoms with Crippen LogP contribution in [0, 0.1) is 5.92 Å². The summed E-state index contributed by atoms with van der Waals surface area (Å²) < 4.78 is 5.82. The molecule has 2 unspecified atom stereocenters. The van der Waals surface area contributed by atoms with Crippen LogP contribution in [0.1, 0.15) is 51.7 Å². The fraction of sp³-hybridized carbons (Fsp3) is 0.647. The van der Waals surface area contributed by atoms with Gasteiger partial charge in [-0.3, -0.25) is 0 Å². The number of hydrogen-bond acceptors (Lipinski definition) is 2. The topological polar surface area (TPSA) is 21.3 Å². The average molecular weight is 263 g/mol. The number of benzene rings is 1. The van der Waals surface area contributed by atoms with Crippen molar-refractivity contribution >= 4 is 0 Å². The Hall–Kier alpha value is -0.860. The molecule has 0 amide bonds. The highest BCUT2D eigenvalue weighted by molar-refractivity contribution is 5.19. The third kappa shape index (κ3) is 4.63. The first-order chi connectivity index (χ1) is 9.28. The quantitative estimate of drug-likeness (QED) is 0.721. The van der Waals surface area contributed by atoms with Crippen LogP contribution in [0.5, 0.6) is 0 Å². The van der Waals surface area contributed by atoms with Crippen LogP contribution in [0.4, 0.5) is 0 Å². The zero-order chi connectivity index (χ0) is 14.1. The molecule has 2 heteroatoms. The lowest BCUT2D eigenvalue weighted by Crippen LogP contribution is -2.42. The van der Waals surface area contributed by atoms with Crippen molar-refractivity contribution < 1.29 is 4.74 Å². The highest BCUT2D eigenvalue weighted by Crippen LogP contribution is 2.28. The summed E-state index contributed by atoms with van der Waals surface area (Å²) in [5.41, 5.74) is 1.27. The Bertz CT molecular complexity index is 321. The molecule has 1 aromatic rings. The van der Waals surface area contributed by atoms with Gasteiger partial charge < -0.3 is 10.1 Å². The number of nitrogens with one attached hydrogen (secondary N) is 1. The van der Waals surface area contributed by atoms with Crippen LogP contribution in [-0.4, -0.2) is 19.7 Å². The lowest BCUT2D eigenvalue weighted by atomic mass is 9.87. The summed E-state index contributed by atoms with van der Waals surface area (Å²) in [5, 5.41) is 3.70. The number of methoxy groups -OCH3 is 1. The molecule has 0 aliphatic heterocycles. The SMILES string of the molecule is CCCNC(C(CC)CC)C(OC)c1ccccc1. The van der Waals surface area contributed by atoms with E-state index in [9.17, 15) is 0 Å². The maximum absolute atomic E-state index is 5.82. The Balaban J connectivity index is 2.91. The maximum Gasteiger partial charge on any atom is 0.0976 e. The Labute approximate surface area is 118 Å². The summed E-state index contributed by atoms with van der Waals surface area (Å²) in [7, 11) is 1.82. The van der Waals surface area contributed by atoms with Crippen LogP contribution in [-0.2, 0) is 4.74 Å². The van der Waals surface area contributed by atoms with Crippen molar-refractivity contribution in [1.29, 1.82) is 0 Å². The summed E-state index contributed by atoms with van der Waals surface area (Å²) >= 11 is 0. The van der Waals surface area contributed by atoms with Crippen molar-refractivity contribution in [2.24, 2.45) is 5.92 Å². The lowest BCUT2D eigenvalue weighted by Gasteiger charge is -2.33. The van der Waals surface area contributed by atoms with Crippen molar-refractivity contribution in [2.75, 3.05) is 13.7 Å². The van der Waals surface area contributed by atoms with Gasteiger partial charge in [0.1, 0.15) is 0 Å². The van der Waals surface area contributed by atoms with E-state index in [0.717, 1.165) is 13.0 Å². The van der Waals surface area contributed by atoms with Crippen molar-refractivity contribution in [3.8, 4) is 0 Å². The van der Waals surface area contributed by atoms with Crippen molar-refractivity contribution in [1.82, 2.24) is 5.32 Å². The summed E-state index contributed by atoms with van der Waals surface area (Å²) in [5.74, 6) is 0.650. The molecule has 2 nitrogen and oxygen atoms in total. The van der Waals surface area contributed by atoms with Crippen molar-refractivity contribution in [2.45, 2.75) is 52.2 Å². The van der Waals surface area contributed by atoms with Crippen molar-refractivity contribution in [3.63, 3.8) is 0 Å². The average Bonchev–Trinajstić information content (AvgIpc) is 2.47. The zero-order valence-corrected chi connectivity index (χ0v) is 12.9. The first-order valence-corrected chi connectivity index (χ1v) is 7.59. The van der Waals surface area contributed by atoms with E-state index in [2.05, 4.69) is 56.4 Å². The maximum atomic E-state index is 5.82. The minimum atomic E-state index is 0.137. The predicted octanol–water partition coefficient (Wildman–Crippen LogP) is 4.18. The molecule has 1 rings (SSSR count). The molecular weight excluding hydrogens is 234 g/mol. The summed E-state index contributed by atoms with van der Waals surface area (Å²) in [6.07, 6.45) is 3.66. The normalized spacial score (nSPS) is 14.6. The van der Waals surface area contributed by atoms with Gasteiger partial charge in [0.05, 0.1) is 6.10 Å². The van der Waals surface area contributed by atoms with Gasteiger partial charge in [0.15, 0.2) is 0 Å². The van der Waals surface area contributed by atoms with Crippen LogP contribution in [0.25, 0.3) is 0 Å². The van der Waals surface area contributed by atoms with Gasteiger partial charge in [-0.2, -0.15) is 0 Å². The largest absolute Gasteiger partial charge is 0.375 e. The standard InChI is InChI=1S/C17H29NO/c1-5-13-18-16(14(6-2)7-3)17(19-4)15-11-9-8-10-12-15/h8-12,14,16-18H,5-7,13H2,1-4H3. The highest BCUT2D eigenvalue weighted by Gasteiger charge is 2.28. The molecule has 1 aromatic carbocycles. The van der Waals surface area contributed by atoms with E-state index in [4.69, 9.17) is 4.74 Å². The van der Waals surface area contributed by atoms with Crippen LogP contribution in [0.15, 0.2) is 30.3 Å². The monoisotopic (exact) mass is 263 g/mol. The van der Waals surface area contributed by atoms with E-state index in [1.54, 1.807) is 0 Å². The van der Waals surface area contributed by atoms with Gasteiger partial charge in [0.25, 0.3) is 0 Å². The van der Waals surface area contributed by atoms with Gasteiger partial charge in [-0.15, -0.1) is 0 Å². The Morgan fingerprint density at radius 2 is 1.68 bits per heavy atom. The Morgan fingerprint density at radius 1 is 1.05 bits per heavy atom. The molecule has 0 aromatic heterocycles. The second-order valence-electron chi connectivity index (χ2n) is 5.12. The molecule has 0 heterocycles. The summed E-state index contributed by atoms with van der Waals surface area (Å²) in [6, 6.07) is 11.0. The van der Waals surface area contributed by atoms with Crippen LogP contribution in [0.2, 0.25) is 0 Å². The molecule has 108 valence electrons. The fourth-order valence-corrected chi connectivity index (χ4v) is 2.76. The highest BCUT2D eigenvalue weighted by atomic mass is 16.5. The van der Waals surface area contributed by atoms with Gasteiger partial charge in [0, 0.05) is 13.2 Å². The third-order valence-electron chi connectivity index (χ3n) is 3.89. The van der Waals surface area contributed by atoms with E-state index < -0.39 is 0 Å². The molecule has 0 saturated heterocycles. The smallest absolute Gasteiger partial charge is 0.0976 e. The molecule has 0 bridgehead atoms. The molecule has 0 saturated carbocycles. The van der Waals surface area contributed by atoms with Gasteiger partial charge in [0.2, 0.25) is 0 Å². The zero-order valence-electron chi connectivity index (χ0n) is 12.9. The number of hydrogen-bond donors (Lipinski definition) is 1. The van der Waals surface area contributed by atoms with Crippen LogP contribution >= 0.6 is 0 Å². The molecular formula is C17H29NO. The first kappa shape index (κ1) is 16.2. The molecule has 0 aliphatic carbocycles. The molecule has 2 atom stereocenters. The van der Waals surface area contributed by atoms with Gasteiger partial charge >= 0.3 is 0 Å². The molecule has 0 spiro atoms. The third-order valence-corrected chi connectivity index (χ3v) is 3.89. The van der Waals surface area contributed by atoms with E-state index >= 15 is 0 Å². The number of ether oxygens (including phenoxy) is 1. The second-order valence-corrected chi connectivity index (χ2v) is 5.12. The summed E-state index contributed by atoms with van der Waals surface area (Å²) in [6.45, 7) is 7.80. The van der Waals surface area contributed by atoms with E-state index in [1.165, 1.54) is 18.4 Å². The Morgan fingerprint density at radius 3 is 2.16 bits per heavy atom. The predicted molar refractivity (Wildman–Crippen MR) is 82.3 cm³/mol. The lowest BCUT2D eigenvalue weighted by molar-refractivity contribution is 0.0444. The molecule has 0 radical (unpaired) electrons. The van der Waals surface area contributed by atoms with E-state index in [0.29, 0.717) is 12.0 Å². The minimum absolute atomic E-state index is 0.137. The minimum Gasteiger partial charge on any atom is -0.375 e. The van der Waals surface area contributed by atoms with Gasteiger partial charge in [-0.1, -0.05) is 63.9 Å². The molecule has 19 heavy (non-hydrogen) atoms. The van der Waals surface area contributed by atoms with Crippen LogP contribution < -0.4 is 5.32 Å². The van der Waals surface area contributed by atoms with Gasteiger partial charge in [-0.25, -0.2) is 0 Å². The van der Waals surface area contributed by atoms with Crippen LogP contribution in [0.3, 0.4) is 0 Å². The second kappa shape index (κ2) is 9.11. The van der Waals surface area contributed by atoms with E-state index in [-0.39, 0.29) is 6.10 Å². The molecule has 0 fully saturated rings. The van der Waals surface area contributed by atoms with Gasteiger partial charge in [-0.05, 0) is 24.4 Å². The van der Waals surface area contributed by atoms with E-state index in [1.807, 2.05) is 7.11 Å². The summed E-state index contributed by atoms with van der Waals surface area (Å²) in [4.78, 5) is 0. The molecule has 1 N–H and O–H groups in total. The van der Waals surface area contributed by atoms with Crippen molar-refractivity contribution in [3.05, 3.63) is 35.9 Å². The molecule has 0 aliphatic rings.